The van der Waals surface area contributed by atoms with Gasteiger partial charge < -0.3 is 4.90 Å². The molecule has 0 aliphatic carbocycles. The minimum Gasteiger partial charge on any atom is -0.331 e. The number of fused-ring (bicyclic) bond motifs is 2. The molecule has 0 aromatic heterocycles. The lowest BCUT2D eigenvalue weighted by molar-refractivity contribution is 0.0680. The molecule has 1 aromatic rings. The van der Waals surface area contributed by atoms with Crippen LogP contribution in [-0.4, -0.2) is 53.4 Å². The van der Waals surface area contributed by atoms with E-state index in [0.29, 0.717) is 6.54 Å². The first kappa shape index (κ1) is 13.5. The number of benzene rings is 1. The van der Waals surface area contributed by atoms with Gasteiger partial charge in [0.2, 0.25) is 0 Å². The lowest BCUT2D eigenvalue weighted by Gasteiger charge is -2.27. The van der Waals surface area contributed by atoms with Gasteiger partial charge in [-0.3, -0.25) is 24.1 Å². The quantitative estimate of drug-likeness (QED) is 0.759. The summed E-state index contributed by atoms with van der Waals surface area (Å²) in [5.74, 6) is -1.33. The van der Waals surface area contributed by atoms with Crippen LogP contribution in [0.5, 0.6) is 0 Å². The summed E-state index contributed by atoms with van der Waals surface area (Å²) in [6.45, 7) is 2.44. The number of hydrogen-bond donors (Lipinski definition) is 0. The predicted molar refractivity (Wildman–Crippen MR) is 73.4 cm³/mol. The average molecular weight is 286 g/mol. The molecule has 21 heavy (non-hydrogen) atoms. The Morgan fingerprint density at radius 1 is 0.905 bits per heavy atom. The van der Waals surface area contributed by atoms with Crippen molar-refractivity contribution >= 4 is 23.5 Å². The highest BCUT2D eigenvalue weighted by atomic mass is 16.2. The molecule has 3 amide bonds. The average Bonchev–Trinajstić information content (AvgIpc) is 2.68. The van der Waals surface area contributed by atoms with Crippen molar-refractivity contribution in [3.05, 3.63) is 34.4 Å². The fourth-order valence-electron chi connectivity index (χ4n) is 2.77. The van der Waals surface area contributed by atoms with Crippen LogP contribution in [0, 0.1) is 0 Å². The molecule has 0 spiro atoms. The Balaban J connectivity index is 2.15. The SMILES string of the molecule is CCCN1CC(=O)c2cc3c(cc2C1=O)C(=O)N(C)C3=O. The maximum Gasteiger partial charge on any atom is 0.261 e. The Hall–Kier alpha value is -2.50. The molecule has 0 unspecified atom stereocenters. The summed E-state index contributed by atoms with van der Waals surface area (Å²) in [7, 11) is 1.39. The molecule has 0 fully saturated rings. The van der Waals surface area contributed by atoms with Crippen LogP contribution >= 0.6 is 0 Å². The molecule has 2 aliphatic rings. The number of hydrogen-bond acceptors (Lipinski definition) is 4. The molecule has 6 heteroatoms. The zero-order chi connectivity index (χ0) is 15.3. The minimum atomic E-state index is -0.439. The topological polar surface area (TPSA) is 74.8 Å². The Labute approximate surface area is 121 Å². The van der Waals surface area contributed by atoms with Crippen LogP contribution in [0.4, 0.5) is 0 Å². The smallest absolute Gasteiger partial charge is 0.261 e. The van der Waals surface area contributed by atoms with Crippen molar-refractivity contribution in [3.8, 4) is 0 Å². The van der Waals surface area contributed by atoms with Crippen LogP contribution in [0.1, 0.15) is 54.8 Å². The van der Waals surface area contributed by atoms with E-state index in [1.165, 1.54) is 24.1 Å². The summed E-state index contributed by atoms with van der Waals surface area (Å²) in [6, 6.07) is 2.77. The van der Waals surface area contributed by atoms with E-state index < -0.39 is 11.8 Å². The number of carbonyl (C=O) groups is 4. The van der Waals surface area contributed by atoms with E-state index in [-0.39, 0.29) is 40.5 Å². The molecular weight excluding hydrogens is 272 g/mol. The number of Topliss-reactive ketones (excluding diaryl/α,β-unsaturated/α-hetero) is 1. The van der Waals surface area contributed by atoms with Gasteiger partial charge in [-0.2, -0.15) is 0 Å². The van der Waals surface area contributed by atoms with E-state index in [4.69, 9.17) is 0 Å². The highest BCUT2D eigenvalue weighted by Gasteiger charge is 2.38. The van der Waals surface area contributed by atoms with E-state index in [9.17, 15) is 19.2 Å². The Morgan fingerprint density at radius 2 is 1.43 bits per heavy atom. The van der Waals surface area contributed by atoms with Crippen molar-refractivity contribution in [1.82, 2.24) is 9.80 Å². The van der Waals surface area contributed by atoms with Crippen LogP contribution in [0.15, 0.2) is 12.1 Å². The van der Waals surface area contributed by atoms with E-state index in [0.717, 1.165) is 11.3 Å². The maximum atomic E-state index is 12.4. The first-order valence-corrected chi connectivity index (χ1v) is 6.78. The van der Waals surface area contributed by atoms with E-state index in [2.05, 4.69) is 0 Å². The van der Waals surface area contributed by atoms with Crippen LogP contribution in [0.3, 0.4) is 0 Å². The molecule has 0 bridgehead atoms. The molecule has 0 N–H and O–H groups in total. The third kappa shape index (κ3) is 1.79. The van der Waals surface area contributed by atoms with Crippen LogP contribution in [0.25, 0.3) is 0 Å². The van der Waals surface area contributed by atoms with Crippen LogP contribution in [-0.2, 0) is 0 Å². The monoisotopic (exact) mass is 286 g/mol. The zero-order valence-electron chi connectivity index (χ0n) is 11.8. The van der Waals surface area contributed by atoms with Crippen molar-refractivity contribution in [1.29, 1.82) is 0 Å². The summed E-state index contributed by atoms with van der Waals surface area (Å²) >= 11 is 0. The zero-order valence-corrected chi connectivity index (χ0v) is 11.8. The highest BCUT2D eigenvalue weighted by molar-refractivity contribution is 6.24. The molecule has 2 aliphatic heterocycles. The number of amides is 3. The first-order chi connectivity index (χ1) is 9.95. The van der Waals surface area contributed by atoms with Gasteiger partial charge in [0.15, 0.2) is 5.78 Å². The molecule has 2 heterocycles. The summed E-state index contributed by atoms with van der Waals surface area (Å²) in [5.41, 5.74) is 0.851. The molecule has 0 saturated heterocycles. The standard InChI is InChI=1S/C15H14N2O4/c1-3-4-17-7-12(18)8-5-10-11(6-9(8)15(17)21)14(20)16(2)13(10)19/h5-6H,3-4,7H2,1-2H3. The summed E-state index contributed by atoms with van der Waals surface area (Å²) < 4.78 is 0. The summed E-state index contributed by atoms with van der Waals surface area (Å²) in [4.78, 5) is 51.0. The Kier molecular flexibility index (Phi) is 2.90. The molecule has 6 nitrogen and oxygen atoms in total. The van der Waals surface area contributed by atoms with E-state index in [1.54, 1.807) is 0 Å². The van der Waals surface area contributed by atoms with Gasteiger partial charge in [0.05, 0.1) is 23.2 Å². The maximum absolute atomic E-state index is 12.4. The van der Waals surface area contributed by atoms with Crippen molar-refractivity contribution in [2.24, 2.45) is 0 Å². The first-order valence-electron chi connectivity index (χ1n) is 6.78. The van der Waals surface area contributed by atoms with Crippen LogP contribution in [0.2, 0.25) is 0 Å². The van der Waals surface area contributed by atoms with Gasteiger partial charge in [0, 0.05) is 19.2 Å². The molecule has 0 radical (unpaired) electrons. The van der Waals surface area contributed by atoms with Gasteiger partial charge in [-0.05, 0) is 18.6 Å². The number of carbonyl (C=O) groups excluding carboxylic acids is 4. The second kappa shape index (κ2) is 4.51. The minimum absolute atomic E-state index is 0.0242. The number of nitrogens with zero attached hydrogens (tertiary/aromatic N) is 2. The van der Waals surface area contributed by atoms with Crippen molar-refractivity contribution in [3.63, 3.8) is 0 Å². The van der Waals surface area contributed by atoms with Crippen molar-refractivity contribution in [2.45, 2.75) is 13.3 Å². The van der Waals surface area contributed by atoms with Gasteiger partial charge in [-0.15, -0.1) is 0 Å². The van der Waals surface area contributed by atoms with E-state index in [1.807, 2.05) is 6.92 Å². The Morgan fingerprint density at radius 3 is 2.00 bits per heavy atom. The number of imide groups is 1. The predicted octanol–water partition coefficient (Wildman–Crippen LogP) is 0.961. The summed E-state index contributed by atoms with van der Waals surface area (Å²) in [6.07, 6.45) is 0.749. The van der Waals surface area contributed by atoms with Crippen molar-refractivity contribution in [2.75, 3.05) is 20.1 Å². The molecule has 0 atom stereocenters. The second-order valence-corrected chi connectivity index (χ2v) is 5.26. The van der Waals surface area contributed by atoms with Gasteiger partial charge in [-0.1, -0.05) is 6.92 Å². The largest absolute Gasteiger partial charge is 0.331 e. The summed E-state index contributed by atoms with van der Waals surface area (Å²) in [5, 5.41) is 0. The lowest BCUT2D eigenvalue weighted by Crippen LogP contribution is -2.41. The van der Waals surface area contributed by atoms with E-state index >= 15 is 0 Å². The molecule has 1 aromatic carbocycles. The van der Waals surface area contributed by atoms with Gasteiger partial charge in [-0.25, -0.2) is 0 Å². The molecule has 108 valence electrons. The van der Waals surface area contributed by atoms with Gasteiger partial charge in [0.25, 0.3) is 17.7 Å². The fraction of sp³-hybridized carbons (Fsp3) is 0.333. The Bertz CT molecular complexity index is 708. The number of ketones is 1. The fourth-order valence-corrected chi connectivity index (χ4v) is 2.77. The molecular formula is C15H14N2O4. The van der Waals surface area contributed by atoms with Gasteiger partial charge in [0.1, 0.15) is 0 Å². The van der Waals surface area contributed by atoms with Crippen LogP contribution < -0.4 is 0 Å². The number of rotatable bonds is 2. The molecule has 3 rings (SSSR count). The lowest BCUT2D eigenvalue weighted by atomic mass is 9.93. The van der Waals surface area contributed by atoms with Crippen molar-refractivity contribution < 1.29 is 19.2 Å². The second-order valence-electron chi connectivity index (χ2n) is 5.26. The normalized spacial score (nSPS) is 17.4. The highest BCUT2D eigenvalue weighted by Crippen LogP contribution is 2.28. The third-order valence-corrected chi connectivity index (χ3v) is 3.87. The molecule has 0 saturated carbocycles. The van der Waals surface area contributed by atoms with Gasteiger partial charge >= 0.3 is 0 Å². The third-order valence-electron chi connectivity index (χ3n) is 3.87.